The molecule has 0 unspecified atom stereocenters. The van der Waals surface area contributed by atoms with Crippen LogP contribution in [0.15, 0.2) is 23.3 Å². The van der Waals surface area contributed by atoms with E-state index in [2.05, 4.69) is 44.6 Å². The number of hydrogen-bond acceptors (Lipinski definition) is 3. The summed E-state index contributed by atoms with van der Waals surface area (Å²) in [5.41, 5.74) is 1.21. The molecule has 2 fully saturated rings. The molecule has 2 heterocycles. The second kappa shape index (κ2) is 7.66. The molecule has 0 amide bonds. The minimum atomic E-state index is 0.504. The Morgan fingerprint density at radius 1 is 1.26 bits per heavy atom. The first-order valence-corrected chi connectivity index (χ1v) is 8.89. The van der Waals surface area contributed by atoms with Gasteiger partial charge in [0.05, 0.1) is 0 Å². The second-order valence-corrected chi connectivity index (χ2v) is 6.83. The molecule has 2 aliphatic rings. The maximum atomic E-state index is 4.54. The molecule has 1 aromatic rings. The summed E-state index contributed by atoms with van der Waals surface area (Å²) in [7, 11) is 1.86. The van der Waals surface area contributed by atoms with Crippen LogP contribution >= 0.6 is 0 Å². The molecule has 0 radical (unpaired) electrons. The smallest absolute Gasteiger partial charge is 0.191 e. The lowest BCUT2D eigenvalue weighted by atomic mass is 10.1. The van der Waals surface area contributed by atoms with Gasteiger partial charge in [0.25, 0.3) is 0 Å². The van der Waals surface area contributed by atoms with Crippen LogP contribution in [0.25, 0.3) is 0 Å². The van der Waals surface area contributed by atoms with E-state index in [1.54, 1.807) is 0 Å². The number of hydrogen-bond donors (Lipinski definition) is 2. The number of guanidine groups is 1. The first-order chi connectivity index (χ1) is 11.2. The number of nitrogens with zero attached hydrogens (tertiary/aromatic N) is 3. The average Bonchev–Trinajstić information content (AvgIpc) is 3.40. The van der Waals surface area contributed by atoms with E-state index in [0.29, 0.717) is 6.04 Å². The van der Waals surface area contributed by atoms with E-state index in [9.17, 15) is 0 Å². The van der Waals surface area contributed by atoms with Gasteiger partial charge in [0.1, 0.15) is 5.82 Å². The Balaban J connectivity index is 1.41. The molecule has 5 nitrogen and oxygen atoms in total. The molecule has 1 aliphatic heterocycles. The quantitative estimate of drug-likeness (QED) is 0.647. The number of aromatic nitrogens is 1. The molecule has 126 valence electrons. The maximum absolute atomic E-state index is 4.54. The fourth-order valence-electron chi connectivity index (χ4n) is 3.09. The predicted molar refractivity (Wildman–Crippen MR) is 96.0 cm³/mol. The Labute approximate surface area is 139 Å². The number of nitrogens with one attached hydrogen (secondary N) is 2. The van der Waals surface area contributed by atoms with E-state index >= 15 is 0 Å². The molecule has 0 bridgehead atoms. The van der Waals surface area contributed by atoms with Crippen LogP contribution in [-0.2, 0) is 0 Å². The molecule has 5 heteroatoms. The van der Waals surface area contributed by atoms with Crippen LogP contribution in [0.2, 0.25) is 0 Å². The van der Waals surface area contributed by atoms with Crippen LogP contribution in [0.3, 0.4) is 0 Å². The predicted octanol–water partition coefficient (Wildman–Crippen LogP) is 2.32. The van der Waals surface area contributed by atoms with Crippen molar-refractivity contribution >= 4 is 11.8 Å². The van der Waals surface area contributed by atoms with Gasteiger partial charge in [-0.05, 0) is 43.7 Å². The third kappa shape index (κ3) is 4.85. The fourth-order valence-corrected chi connectivity index (χ4v) is 3.09. The summed E-state index contributed by atoms with van der Waals surface area (Å²) in [6, 6.07) is 4.77. The number of pyridine rings is 1. The number of aliphatic imine (C=N–C) groups is 1. The Morgan fingerprint density at radius 3 is 2.65 bits per heavy atom. The van der Waals surface area contributed by atoms with Crippen LogP contribution in [0, 0.1) is 12.8 Å². The highest BCUT2D eigenvalue weighted by atomic mass is 15.2. The summed E-state index contributed by atoms with van der Waals surface area (Å²) in [4.78, 5) is 11.3. The normalized spacial score (nSPS) is 19.7. The lowest BCUT2D eigenvalue weighted by molar-refractivity contribution is 0.459. The summed E-state index contributed by atoms with van der Waals surface area (Å²) < 4.78 is 0. The molecule has 1 saturated carbocycles. The van der Waals surface area contributed by atoms with Gasteiger partial charge in [0.2, 0.25) is 0 Å². The molecule has 1 aromatic heterocycles. The van der Waals surface area contributed by atoms with E-state index in [1.807, 2.05) is 13.2 Å². The van der Waals surface area contributed by atoms with Gasteiger partial charge in [-0.25, -0.2) is 4.98 Å². The zero-order valence-electron chi connectivity index (χ0n) is 14.4. The topological polar surface area (TPSA) is 52.6 Å². The molecular formula is C18H29N5. The van der Waals surface area contributed by atoms with Gasteiger partial charge in [-0.1, -0.05) is 18.9 Å². The zero-order valence-corrected chi connectivity index (χ0v) is 14.4. The van der Waals surface area contributed by atoms with Gasteiger partial charge < -0.3 is 15.5 Å². The summed E-state index contributed by atoms with van der Waals surface area (Å²) in [5.74, 6) is 3.02. The minimum absolute atomic E-state index is 0.504. The molecule has 1 aliphatic carbocycles. The molecule has 2 N–H and O–H groups in total. The van der Waals surface area contributed by atoms with Crippen LogP contribution < -0.4 is 15.5 Å². The van der Waals surface area contributed by atoms with Gasteiger partial charge in [0.15, 0.2) is 5.96 Å². The summed E-state index contributed by atoms with van der Waals surface area (Å²) in [6.07, 6.45) is 8.31. The van der Waals surface area contributed by atoms with Gasteiger partial charge in [0, 0.05) is 38.9 Å². The summed E-state index contributed by atoms with van der Waals surface area (Å²) in [5, 5.41) is 7.02. The lowest BCUT2D eigenvalue weighted by Crippen LogP contribution is -2.49. The largest absolute Gasteiger partial charge is 0.356 e. The third-order valence-corrected chi connectivity index (χ3v) is 4.82. The van der Waals surface area contributed by atoms with Crippen molar-refractivity contribution in [2.75, 3.05) is 31.6 Å². The van der Waals surface area contributed by atoms with Crippen molar-refractivity contribution in [1.29, 1.82) is 0 Å². The molecular weight excluding hydrogens is 286 g/mol. The number of rotatable bonds is 5. The van der Waals surface area contributed by atoms with E-state index in [1.165, 1.54) is 24.8 Å². The van der Waals surface area contributed by atoms with E-state index < -0.39 is 0 Å². The average molecular weight is 315 g/mol. The van der Waals surface area contributed by atoms with Crippen molar-refractivity contribution in [1.82, 2.24) is 15.6 Å². The molecule has 0 aromatic carbocycles. The van der Waals surface area contributed by atoms with Crippen molar-refractivity contribution in [3.8, 4) is 0 Å². The molecule has 0 atom stereocenters. The Bertz CT molecular complexity index is 513. The molecule has 23 heavy (non-hydrogen) atoms. The van der Waals surface area contributed by atoms with Gasteiger partial charge in [-0.15, -0.1) is 0 Å². The first-order valence-electron chi connectivity index (χ1n) is 8.89. The Kier molecular flexibility index (Phi) is 5.36. The summed E-state index contributed by atoms with van der Waals surface area (Å²) in [6.45, 7) is 5.21. The van der Waals surface area contributed by atoms with Crippen molar-refractivity contribution in [3.63, 3.8) is 0 Å². The Hall–Kier alpha value is -1.78. The molecule has 3 rings (SSSR count). The number of aryl methyl sites for hydroxylation is 1. The standard InChI is InChI=1S/C18H29N5/c1-14-3-6-17(21-13-14)23-11-8-16(9-12-23)22-18(19-2)20-10-7-15-4-5-15/h3,6,13,15-16H,4-5,7-12H2,1-2H3,(H2,19,20,22). The Morgan fingerprint density at radius 2 is 2.04 bits per heavy atom. The van der Waals surface area contributed by atoms with Crippen molar-refractivity contribution in [3.05, 3.63) is 23.9 Å². The van der Waals surface area contributed by atoms with Crippen LogP contribution in [0.5, 0.6) is 0 Å². The maximum Gasteiger partial charge on any atom is 0.191 e. The van der Waals surface area contributed by atoms with Crippen molar-refractivity contribution in [2.24, 2.45) is 10.9 Å². The first kappa shape index (κ1) is 16.1. The summed E-state index contributed by atoms with van der Waals surface area (Å²) >= 11 is 0. The van der Waals surface area contributed by atoms with Crippen LogP contribution in [0.4, 0.5) is 5.82 Å². The van der Waals surface area contributed by atoms with Crippen molar-refractivity contribution < 1.29 is 0 Å². The molecule has 0 spiro atoms. The number of piperidine rings is 1. The number of anilines is 1. The lowest BCUT2D eigenvalue weighted by Gasteiger charge is -2.33. The van der Waals surface area contributed by atoms with Crippen LogP contribution in [-0.4, -0.2) is 43.7 Å². The van der Waals surface area contributed by atoms with Gasteiger partial charge in [-0.2, -0.15) is 0 Å². The highest BCUT2D eigenvalue weighted by Crippen LogP contribution is 2.31. The van der Waals surface area contributed by atoms with Gasteiger partial charge in [-0.3, -0.25) is 4.99 Å². The highest BCUT2D eigenvalue weighted by molar-refractivity contribution is 5.79. The molecule has 1 saturated heterocycles. The van der Waals surface area contributed by atoms with Crippen molar-refractivity contribution in [2.45, 2.75) is 45.1 Å². The second-order valence-electron chi connectivity index (χ2n) is 6.83. The van der Waals surface area contributed by atoms with E-state index in [0.717, 1.165) is 50.2 Å². The third-order valence-electron chi connectivity index (χ3n) is 4.82. The van der Waals surface area contributed by atoms with E-state index in [4.69, 9.17) is 0 Å². The fraction of sp³-hybridized carbons (Fsp3) is 0.667. The minimum Gasteiger partial charge on any atom is -0.356 e. The van der Waals surface area contributed by atoms with Crippen LogP contribution in [0.1, 0.15) is 37.7 Å². The SMILES string of the molecule is CN=C(NCCC1CC1)NC1CCN(c2ccc(C)cn2)CC1. The van der Waals surface area contributed by atoms with E-state index in [-0.39, 0.29) is 0 Å². The van der Waals surface area contributed by atoms with Gasteiger partial charge >= 0.3 is 0 Å². The monoisotopic (exact) mass is 315 g/mol. The zero-order chi connectivity index (χ0) is 16.1. The highest BCUT2D eigenvalue weighted by Gasteiger charge is 2.22.